The van der Waals surface area contributed by atoms with Gasteiger partial charge in [-0.3, -0.25) is 72.5 Å². The Morgan fingerprint density at radius 3 is 1.52 bits per heavy atom. The summed E-state index contributed by atoms with van der Waals surface area (Å²) in [6.07, 6.45) is -0.562. The third-order valence-corrected chi connectivity index (χ3v) is 11.3. The van der Waals surface area contributed by atoms with Crippen molar-refractivity contribution >= 4 is 65.3 Å². The number of nitrogens with one attached hydrogen (secondary N) is 6. The number of aliphatic carboxylic acids is 4. The summed E-state index contributed by atoms with van der Waals surface area (Å²) in [4.78, 5) is 138. The van der Waals surface area contributed by atoms with Gasteiger partial charge in [-0.1, -0.05) is 12.1 Å². The normalized spacial score (nSPS) is 21.2. The summed E-state index contributed by atoms with van der Waals surface area (Å²) in [5, 5.41) is 63.0. The zero-order valence-electron chi connectivity index (χ0n) is 39.4. The standard InChI is InChI=1S/C43H67N13O15/c44-43(45)47-11-3-5-29-39(68)48-22-33(58)49-32(21-35(60)61)42(71)52-31(20-27-6-8-28(57)9-7-27)41(70)51-30(40(69)50-29)4-1-2-10-46-34(59)23-53-12-14-54(24-36(62)63)16-18-56(26-38(66)67)19-17-55(15-13-53)25-37(64)65/h6-9,29-32,57H,1-5,10-26H2,(H,46,59)(H,48,68)(H,49,58)(H,50,69)(H,51,70)(H,52,71)(H,60,61)(H,62,63)(H,64,65)(H,66,67)(H4,44,45,47)/t29-,30-,31+,32-/m0/s1. The fourth-order valence-electron chi connectivity index (χ4n) is 7.60. The van der Waals surface area contributed by atoms with Gasteiger partial charge < -0.3 is 68.9 Å². The predicted molar refractivity (Wildman–Crippen MR) is 250 cm³/mol. The van der Waals surface area contributed by atoms with Crippen molar-refractivity contribution in [3.05, 3.63) is 29.8 Å². The van der Waals surface area contributed by atoms with E-state index in [1.54, 1.807) is 19.6 Å². The van der Waals surface area contributed by atoms with Crippen molar-refractivity contribution in [2.45, 2.75) is 69.1 Å². The van der Waals surface area contributed by atoms with Gasteiger partial charge in [-0.15, -0.1) is 0 Å². The number of unbranched alkanes of at least 4 members (excludes halogenated alkanes) is 1. The summed E-state index contributed by atoms with van der Waals surface area (Å²) in [6, 6.07) is -0.165. The number of hydrogen-bond donors (Lipinski definition) is 13. The maximum absolute atomic E-state index is 14.1. The van der Waals surface area contributed by atoms with Crippen LogP contribution in [0.2, 0.25) is 0 Å². The maximum Gasteiger partial charge on any atom is 0.317 e. The van der Waals surface area contributed by atoms with Gasteiger partial charge in [-0.2, -0.15) is 0 Å². The number of benzene rings is 1. The highest BCUT2D eigenvalue weighted by Crippen LogP contribution is 2.13. The number of rotatable bonds is 21. The van der Waals surface area contributed by atoms with Crippen molar-refractivity contribution in [3.63, 3.8) is 0 Å². The fourth-order valence-corrected chi connectivity index (χ4v) is 7.60. The summed E-state index contributed by atoms with van der Waals surface area (Å²) >= 11 is 0. The number of amides is 6. The van der Waals surface area contributed by atoms with E-state index < -0.39 is 96.5 Å². The minimum Gasteiger partial charge on any atom is -0.508 e. The first-order chi connectivity index (χ1) is 33.7. The first kappa shape index (κ1) is 58.1. The Morgan fingerprint density at radius 2 is 1.03 bits per heavy atom. The molecule has 2 saturated heterocycles. The number of nitrogens with two attached hydrogens (primary N) is 2. The molecule has 15 N–H and O–H groups in total. The summed E-state index contributed by atoms with van der Waals surface area (Å²) in [5.41, 5.74) is 11.3. The summed E-state index contributed by atoms with van der Waals surface area (Å²) in [6.45, 7) is -0.0673. The lowest BCUT2D eigenvalue weighted by molar-refractivity contribution is -0.141. The number of carboxylic acids is 4. The van der Waals surface area contributed by atoms with E-state index in [1.165, 1.54) is 24.3 Å². The van der Waals surface area contributed by atoms with Gasteiger partial charge in [0.2, 0.25) is 35.4 Å². The lowest BCUT2D eigenvalue weighted by Crippen LogP contribution is -2.58. The number of phenolic OH excluding ortho intramolecular Hbond substituents is 1. The van der Waals surface area contributed by atoms with Gasteiger partial charge in [0.1, 0.15) is 29.9 Å². The third-order valence-electron chi connectivity index (χ3n) is 11.3. The Balaban J connectivity index is 1.81. The molecule has 0 unspecified atom stereocenters. The zero-order valence-corrected chi connectivity index (χ0v) is 39.4. The molecule has 28 nitrogen and oxygen atoms in total. The summed E-state index contributed by atoms with van der Waals surface area (Å²) < 4.78 is 0. The number of carboxylic acid groups (broad SMARTS) is 4. The lowest BCUT2D eigenvalue weighted by Gasteiger charge is -2.32. The summed E-state index contributed by atoms with van der Waals surface area (Å²) in [5.74, 6) is -10.00. The van der Waals surface area contributed by atoms with Crippen molar-refractivity contribution in [1.82, 2.24) is 51.5 Å². The highest BCUT2D eigenvalue weighted by molar-refractivity contribution is 5.98. The van der Waals surface area contributed by atoms with Crippen LogP contribution >= 0.6 is 0 Å². The third kappa shape index (κ3) is 23.8. The van der Waals surface area contributed by atoms with E-state index >= 15 is 0 Å². The number of aromatic hydroxyl groups is 1. The van der Waals surface area contributed by atoms with Crippen LogP contribution in [-0.2, 0) is 54.4 Å². The smallest absolute Gasteiger partial charge is 0.317 e. The molecule has 2 fully saturated rings. The van der Waals surface area contributed by atoms with Gasteiger partial charge in [-0.25, -0.2) is 0 Å². The maximum atomic E-state index is 14.1. The molecule has 1 aromatic rings. The van der Waals surface area contributed by atoms with Gasteiger partial charge in [0.25, 0.3) is 0 Å². The van der Waals surface area contributed by atoms with Crippen LogP contribution in [0.3, 0.4) is 0 Å². The number of aliphatic imine (C=N–C) groups is 1. The molecule has 2 aliphatic heterocycles. The Hall–Kier alpha value is -7.17. The van der Waals surface area contributed by atoms with E-state index in [1.807, 2.05) is 0 Å². The molecule has 6 amide bonds. The quantitative estimate of drug-likeness (QED) is 0.0310. The first-order valence-electron chi connectivity index (χ1n) is 23.0. The molecule has 0 saturated carbocycles. The largest absolute Gasteiger partial charge is 0.508 e. The second kappa shape index (κ2) is 30.4. The molecule has 2 aliphatic rings. The van der Waals surface area contributed by atoms with E-state index in [4.69, 9.17) is 11.5 Å². The molecule has 2 heterocycles. The molecule has 0 spiro atoms. The number of hydrogen-bond acceptors (Lipinski definition) is 16. The molecule has 0 radical (unpaired) electrons. The number of carbonyl (C=O) groups is 10. The van der Waals surface area contributed by atoms with Crippen LogP contribution in [0.4, 0.5) is 0 Å². The number of guanidine groups is 1. The molecular weight excluding hydrogens is 939 g/mol. The van der Waals surface area contributed by atoms with Crippen molar-refractivity contribution in [2.75, 3.05) is 98.2 Å². The first-order valence-corrected chi connectivity index (χ1v) is 23.0. The van der Waals surface area contributed by atoms with Crippen LogP contribution in [0.15, 0.2) is 29.3 Å². The van der Waals surface area contributed by atoms with E-state index in [2.05, 4.69) is 36.9 Å². The Labute approximate surface area is 408 Å². The summed E-state index contributed by atoms with van der Waals surface area (Å²) in [7, 11) is 0. The second-order valence-corrected chi connectivity index (χ2v) is 17.1. The zero-order chi connectivity index (χ0) is 52.5. The topological polar surface area (TPSA) is 421 Å². The fraction of sp³-hybridized carbons (Fsp3) is 0.605. The van der Waals surface area contributed by atoms with Gasteiger partial charge in [0, 0.05) is 71.9 Å². The molecule has 0 aliphatic carbocycles. The molecule has 0 aromatic heterocycles. The van der Waals surface area contributed by atoms with Crippen LogP contribution in [0.5, 0.6) is 5.75 Å². The van der Waals surface area contributed by atoms with Crippen LogP contribution in [-0.4, -0.2) is 233 Å². The number of phenols is 1. The molecule has 1 aromatic carbocycles. The average Bonchev–Trinajstić information content (AvgIpc) is 3.28. The SMILES string of the molecule is NC(N)=NCCC[C@@H]1NC(=O)[C@H](CCCCNC(=O)CN2CCN(CC(=O)O)CCN(CC(=O)O)CCN(CC(=O)O)CC2)NC(=O)[C@@H](Cc2ccc(O)cc2)NC(=O)[C@H](CC(=O)O)NC(=O)CNC1=O. The van der Waals surface area contributed by atoms with Gasteiger partial charge in [-0.05, 0) is 49.8 Å². The monoisotopic (exact) mass is 1010 g/mol. The van der Waals surface area contributed by atoms with Gasteiger partial charge >= 0.3 is 23.9 Å². The van der Waals surface area contributed by atoms with Crippen LogP contribution in [0, 0.1) is 0 Å². The minimum atomic E-state index is -1.69. The molecule has 4 atom stereocenters. The number of nitrogens with zero attached hydrogens (tertiary/aromatic N) is 5. The number of carbonyl (C=O) groups excluding carboxylic acids is 6. The lowest BCUT2D eigenvalue weighted by atomic mass is 10.0. The van der Waals surface area contributed by atoms with Crippen molar-refractivity contribution in [3.8, 4) is 5.75 Å². The highest BCUT2D eigenvalue weighted by atomic mass is 16.4. The van der Waals surface area contributed by atoms with E-state index in [-0.39, 0.29) is 142 Å². The minimum absolute atomic E-state index is 0.0363. The van der Waals surface area contributed by atoms with E-state index in [0.717, 1.165) is 0 Å². The molecule has 394 valence electrons. The molecule has 71 heavy (non-hydrogen) atoms. The van der Waals surface area contributed by atoms with Crippen molar-refractivity contribution < 1.29 is 73.5 Å². The molecule has 3 rings (SSSR count). The highest BCUT2D eigenvalue weighted by Gasteiger charge is 2.33. The van der Waals surface area contributed by atoms with E-state index in [0.29, 0.717) is 5.56 Å². The average molecular weight is 1010 g/mol. The molecule has 28 heteroatoms. The van der Waals surface area contributed by atoms with Gasteiger partial charge in [0.05, 0.1) is 39.1 Å². The van der Waals surface area contributed by atoms with Crippen molar-refractivity contribution in [2.24, 2.45) is 16.5 Å². The second-order valence-electron chi connectivity index (χ2n) is 17.1. The van der Waals surface area contributed by atoms with Crippen molar-refractivity contribution in [1.29, 1.82) is 0 Å². The van der Waals surface area contributed by atoms with Crippen LogP contribution in [0.25, 0.3) is 0 Å². The Bertz CT molecular complexity index is 2010. The van der Waals surface area contributed by atoms with Gasteiger partial charge in [0.15, 0.2) is 5.96 Å². The molecular formula is C43H67N13O15. The Morgan fingerprint density at radius 1 is 0.577 bits per heavy atom. The molecule has 0 bridgehead atoms. The predicted octanol–water partition coefficient (Wildman–Crippen LogP) is -5.71. The van der Waals surface area contributed by atoms with E-state index in [9.17, 15) is 73.5 Å². The Kier molecular flexibility index (Phi) is 24.9. The van der Waals surface area contributed by atoms with Crippen LogP contribution in [0.1, 0.15) is 44.1 Å². The van der Waals surface area contributed by atoms with Crippen LogP contribution < -0.4 is 43.4 Å².